The Balaban J connectivity index is 2.79. The van der Waals surface area contributed by atoms with Gasteiger partial charge >= 0.3 is 0 Å². The number of amides is 1. The van der Waals surface area contributed by atoms with Crippen molar-refractivity contribution in [2.45, 2.75) is 38.3 Å². The van der Waals surface area contributed by atoms with Gasteiger partial charge < -0.3 is 16.2 Å². The van der Waals surface area contributed by atoms with Crippen LogP contribution >= 0.6 is 0 Å². The molecule has 1 aromatic rings. The molecule has 0 aromatic heterocycles. The number of carbonyl (C=O) groups excluding carboxylic acids is 1. The van der Waals surface area contributed by atoms with E-state index >= 15 is 0 Å². The first-order chi connectivity index (χ1) is 8.57. The van der Waals surface area contributed by atoms with E-state index in [0.717, 1.165) is 5.56 Å². The molecular weight excluding hydrogens is 228 g/mol. The second kappa shape index (κ2) is 6.52. The molecule has 0 unspecified atom stereocenters. The maximum atomic E-state index is 12.1. The van der Waals surface area contributed by atoms with Crippen LogP contribution in [0.15, 0.2) is 30.3 Å². The molecule has 4 N–H and O–H groups in total. The number of nitrogens with two attached hydrogens (primary N) is 1. The van der Waals surface area contributed by atoms with Gasteiger partial charge in [-0.05, 0) is 18.4 Å². The number of aliphatic hydroxyl groups is 1. The summed E-state index contributed by atoms with van der Waals surface area (Å²) in [5, 5.41) is 12.2. The lowest BCUT2D eigenvalue weighted by atomic mass is 9.92. The number of nitrogens with one attached hydrogen (secondary N) is 1. The molecule has 18 heavy (non-hydrogen) atoms. The van der Waals surface area contributed by atoms with Crippen LogP contribution < -0.4 is 11.1 Å². The van der Waals surface area contributed by atoms with E-state index in [1.54, 1.807) is 0 Å². The fourth-order valence-corrected chi connectivity index (χ4v) is 1.79. The molecule has 0 radical (unpaired) electrons. The predicted octanol–water partition coefficient (Wildman–Crippen LogP) is 1.35. The van der Waals surface area contributed by atoms with Gasteiger partial charge in [0.1, 0.15) is 0 Å². The van der Waals surface area contributed by atoms with Crippen molar-refractivity contribution in [2.24, 2.45) is 5.73 Å². The Morgan fingerprint density at radius 3 is 2.33 bits per heavy atom. The highest BCUT2D eigenvalue weighted by Gasteiger charge is 2.31. The van der Waals surface area contributed by atoms with E-state index in [4.69, 9.17) is 5.73 Å². The van der Waals surface area contributed by atoms with Crippen molar-refractivity contribution in [3.05, 3.63) is 35.9 Å². The van der Waals surface area contributed by atoms with Crippen molar-refractivity contribution in [3.8, 4) is 0 Å². The molecular formula is C14H22N2O2. The Bertz CT molecular complexity index is 375. The molecule has 0 aliphatic carbocycles. The molecule has 0 bridgehead atoms. The summed E-state index contributed by atoms with van der Waals surface area (Å²) in [6, 6.07) is 8.98. The lowest BCUT2D eigenvalue weighted by molar-refractivity contribution is -0.127. The molecule has 0 aliphatic heterocycles. The molecule has 0 saturated carbocycles. The monoisotopic (exact) mass is 250 g/mol. The molecule has 0 spiro atoms. The SMILES string of the molecule is CCC(N)(CC)C(=O)N[C@H](CO)c1ccccc1. The summed E-state index contributed by atoms with van der Waals surface area (Å²) in [5.41, 5.74) is 6.05. The molecule has 0 heterocycles. The summed E-state index contributed by atoms with van der Waals surface area (Å²) in [4.78, 5) is 12.1. The number of hydrogen-bond donors (Lipinski definition) is 3. The summed E-state index contributed by atoms with van der Waals surface area (Å²) in [7, 11) is 0. The minimum atomic E-state index is -0.859. The first-order valence-corrected chi connectivity index (χ1v) is 6.33. The van der Waals surface area contributed by atoms with E-state index in [1.165, 1.54) is 0 Å². The molecule has 1 atom stereocenters. The lowest BCUT2D eigenvalue weighted by Gasteiger charge is -2.28. The van der Waals surface area contributed by atoms with Crippen molar-refractivity contribution in [1.29, 1.82) is 0 Å². The number of benzene rings is 1. The third-order valence-corrected chi connectivity index (χ3v) is 3.40. The summed E-state index contributed by atoms with van der Waals surface area (Å²) in [6.45, 7) is 3.64. The van der Waals surface area contributed by atoms with Gasteiger partial charge in [0.15, 0.2) is 0 Å². The molecule has 0 aliphatic rings. The van der Waals surface area contributed by atoms with Gasteiger partial charge in [0, 0.05) is 0 Å². The van der Waals surface area contributed by atoms with Gasteiger partial charge in [0.2, 0.25) is 5.91 Å². The van der Waals surface area contributed by atoms with Crippen LogP contribution in [0.25, 0.3) is 0 Å². The van der Waals surface area contributed by atoms with E-state index in [1.807, 2.05) is 44.2 Å². The van der Waals surface area contributed by atoms with Crippen molar-refractivity contribution >= 4 is 5.91 Å². The van der Waals surface area contributed by atoms with Gasteiger partial charge in [-0.25, -0.2) is 0 Å². The van der Waals surface area contributed by atoms with Crippen molar-refractivity contribution in [1.82, 2.24) is 5.32 Å². The Labute approximate surface area is 108 Å². The first-order valence-electron chi connectivity index (χ1n) is 6.33. The predicted molar refractivity (Wildman–Crippen MR) is 71.9 cm³/mol. The van der Waals surface area contributed by atoms with Gasteiger partial charge in [0.25, 0.3) is 0 Å². The first kappa shape index (κ1) is 14.7. The zero-order chi connectivity index (χ0) is 13.6. The van der Waals surface area contributed by atoms with Gasteiger partial charge in [-0.3, -0.25) is 4.79 Å². The average Bonchev–Trinajstić information content (AvgIpc) is 2.44. The van der Waals surface area contributed by atoms with Crippen molar-refractivity contribution in [2.75, 3.05) is 6.61 Å². The zero-order valence-electron chi connectivity index (χ0n) is 11.0. The fraction of sp³-hybridized carbons (Fsp3) is 0.500. The molecule has 1 rings (SSSR count). The molecule has 100 valence electrons. The summed E-state index contributed by atoms with van der Waals surface area (Å²) < 4.78 is 0. The highest BCUT2D eigenvalue weighted by Crippen LogP contribution is 2.16. The van der Waals surface area contributed by atoms with Crippen LogP contribution in [-0.4, -0.2) is 23.2 Å². The minimum Gasteiger partial charge on any atom is -0.394 e. The van der Waals surface area contributed by atoms with E-state index in [-0.39, 0.29) is 12.5 Å². The standard InChI is InChI=1S/C14H22N2O2/c1-3-14(15,4-2)13(18)16-12(10-17)11-8-6-5-7-9-11/h5-9,12,17H,3-4,10,15H2,1-2H3,(H,16,18)/t12-/m1/s1. The minimum absolute atomic E-state index is 0.140. The average molecular weight is 250 g/mol. The molecule has 4 heteroatoms. The van der Waals surface area contributed by atoms with Gasteiger partial charge in [-0.1, -0.05) is 44.2 Å². The fourth-order valence-electron chi connectivity index (χ4n) is 1.79. The number of aliphatic hydroxyl groups excluding tert-OH is 1. The summed E-state index contributed by atoms with van der Waals surface area (Å²) in [5.74, 6) is -0.213. The summed E-state index contributed by atoms with van der Waals surface area (Å²) >= 11 is 0. The number of carbonyl (C=O) groups is 1. The van der Waals surface area contributed by atoms with Crippen LogP contribution in [-0.2, 0) is 4.79 Å². The molecule has 0 saturated heterocycles. The van der Waals surface area contributed by atoms with Crippen LogP contribution in [0, 0.1) is 0 Å². The number of rotatable bonds is 6. The molecule has 0 fully saturated rings. The lowest BCUT2D eigenvalue weighted by Crippen LogP contribution is -2.54. The second-order valence-corrected chi connectivity index (χ2v) is 4.48. The quantitative estimate of drug-likeness (QED) is 0.713. The smallest absolute Gasteiger partial charge is 0.240 e. The van der Waals surface area contributed by atoms with Crippen LogP contribution in [0.1, 0.15) is 38.3 Å². The Kier molecular flexibility index (Phi) is 5.31. The van der Waals surface area contributed by atoms with Crippen LogP contribution in [0.2, 0.25) is 0 Å². The summed E-state index contributed by atoms with van der Waals surface area (Å²) in [6.07, 6.45) is 1.14. The zero-order valence-corrected chi connectivity index (χ0v) is 11.0. The molecule has 1 amide bonds. The van der Waals surface area contributed by atoms with E-state index in [9.17, 15) is 9.90 Å². The van der Waals surface area contributed by atoms with Gasteiger partial charge in [-0.15, -0.1) is 0 Å². The van der Waals surface area contributed by atoms with Gasteiger partial charge in [0.05, 0.1) is 18.2 Å². The highest BCUT2D eigenvalue weighted by atomic mass is 16.3. The van der Waals surface area contributed by atoms with Crippen LogP contribution in [0.4, 0.5) is 0 Å². The van der Waals surface area contributed by atoms with E-state index in [2.05, 4.69) is 5.32 Å². The molecule has 1 aromatic carbocycles. The highest BCUT2D eigenvalue weighted by molar-refractivity contribution is 5.86. The van der Waals surface area contributed by atoms with Crippen LogP contribution in [0.3, 0.4) is 0 Å². The topological polar surface area (TPSA) is 75.4 Å². The van der Waals surface area contributed by atoms with E-state index < -0.39 is 11.6 Å². The third-order valence-electron chi connectivity index (χ3n) is 3.40. The second-order valence-electron chi connectivity index (χ2n) is 4.48. The normalized spacial score (nSPS) is 13.1. The largest absolute Gasteiger partial charge is 0.394 e. The maximum absolute atomic E-state index is 12.1. The Morgan fingerprint density at radius 2 is 1.89 bits per heavy atom. The number of hydrogen-bond acceptors (Lipinski definition) is 3. The maximum Gasteiger partial charge on any atom is 0.240 e. The molecule has 4 nitrogen and oxygen atoms in total. The Morgan fingerprint density at radius 1 is 1.33 bits per heavy atom. The van der Waals surface area contributed by atoms with Crippen molar-refractivity contribution < 1.29 is 9.90 Å². The third kappa shape index (κ3) is 3.31. The Hall–Kier alpha value is -1.39. The van der Waals surface area contributed by atoms with Crippen LogP contribution in [0.5, 0.6) is 0 Å². The van der Waals surface area contributed by atoms with Crippen molar-refractivity contribution in [3.63, 3.8) is 0 Å². The van der Waals surface area contributed by atoms with Gasteiger partial charge in [-0.2, -0.15) is 0 Å². The van der Waals surface area contributed by atoms with E-state index in [0.29, 0.717) is 12.8 Å².